The van der Waals surface area contributed by atoms with E-state index in [1.165, 1.54) is 4.88 Å². The predicted octanol–water partition coefficient (Wildman–Crippen LogP) is 2.06. The molecule has 1 atom stereocenters. The first-order valence-electron chi connectivity index (χ1n) is 5.98. The fourth-order valence-electron chi connectivity index (χ4n) is 1.72. The van der Waals surface area contributed by atoms with Crippen molar-refractivity contribution >= 4 is 17.3 Å². The molecule has 2 rings (SSSR count). The summed E-state index contributed by atoms with van der Waals surface area (Å²) in [6.07, 6.45) is 2.77. The highest BCUT2D eigenvalue weighted by Gasteiger charge is 2.13. The van der Waals surface area contributed by atoms with Crippen molar-refractivity contribution in [2.24, 2.45) is 5.73 Å². The van der Waals surface area contributed by atoms with E-state index < -0.39 is 0 Å². The second kappa shape index (κ2) is 5.93. The second-order valence-electron chi connectivity index (χ2n) is 4.30. The summed E-state index contributed by atoms with van der Waals surface area (Å²) in [7, 11) is 2.02. The van der Waals surface area contributed by atoms with Crippen molar-refractivity contribution in [1.29, 1.82) is 0 Å². The number of aromatic nitrogens is 2. The van der Waals surface area contributed by atoms with Gasteiger partial charge in [-0.05, 0) is 24.4 Å². The first kappa shape index (κ1) is 13.0. The van der Waals surface area contributed by atoms with Gasteiger partial charge in [0.2, 0.25) is 5.95 Å². The Bertz CT molecular complexity index is 483. The molecule has 18 heavy (non-hydrogen) atoms. The van der Waals surface area contributed by atoms with Crippen LogP contribution in [0.25, 0.3) is 0 Å². The SMILES string of the molecule is CC(Cc1cccs1)N(C)c1nccc(CN)n1. The summed E-state index contributed by atoms with van der Waals surface area (Å²) < 4.78 is 0. The first-order valence-corrected chi connectivity index (χ1v) is 6.86. The minimum absolute atomic E-state index is 0.358. The van der Waals surface area contributed by atoms with Gasteiger partial charge in [-0.25, -0.2) is 9.97 Å². The smallest absolute Gasteiger partial charge is 0.225 e. The Labute approximate surface area is 111 Å². The van der Waals surface area contributed by atoms with Crippen molar-refractivity contribution in [3.8, 4) is 0 Å². The number of thiophene rings is 1. The summed E-state index contributed by atoms with van der Waals surface area (Å²) in [6.45, 7) is 2.63. The molecule has 0 saturated heterocycles. The quantitative estimate of drug-likeness (QED) is 0.896. The van der Waals surface area contributed by atoms with Crippen molar-refractivity contribution < 1.29 is 0 Å². The lowest BCUT2D eigenvalue weighted by Crippen LogP contribution is -2.32. The van der Waals surface area contributed by atoms with E-state index in [0.717, 1.165) is 18.1 Å². The number of likely N-dealkylation sites (N-methyl/N-ethyl adjacent to an activating group) is 1. The molecule has 5 heteroatoms. The van der Waals surface area contributed by atoms with Crippen molar-refractivity contribution in [2.75, 3.05) is 11.9 Å². The van der Waals surface area contributed by atoms with Gasteiger partial charge in [-0.3, -0.25) is 0 Å². The third-order valence-electron chi connectivity index (χ3n) is 2.96. The maximum Gasteiger partial charge on any atom is 0.225 e. The maximum absolute atomic E-state index is 5.60. The van der Waals surface area contributed by atoms with E-state index in [1.54, 1.807) is 17.5 Å². The molecule has 4 nitrogen and oxygen atoms in total. The van der Waals surface area contributed by atoms with Crippen LogP contribution >= 0.6 is 11.3 Å². The Morgan fingerprint density at radius 2 is 2.28 bits per heavy atom. The molecule has 0 fully saturated rings. The van der Waals surface area contributed by atoms with E-state index in [-0.39, 0.29) is 0 Å². The van der Waals surface area contributed by atoms with Crippen LogP contribution in [0.2, 0.25) is 0 Å². The fourth-order valence-corrected chi connectivity index (χ4v) is 2.55. The first-order chi connectivity index (χ1) is 8.70. The lowest BCUT2D eigenvalue weighted by atomic mass is 10.2. The molecule has 0 amide bonds. The molecule has 0 aliphatic rings. The number of hydrogen-bond acceptors (Lipinski definition) is 5. The Morgan fingerprint density at radius 3 is 2.94 bits per heavy atom. The molecule has 96 valence electrons. The second-order valence-corrected chi connectivity index (χ2v) is 5.33. The summed E-state index contributed by atoms with van der Waals surface area (Å²) in [6, 6.07) is 6.45. The zero-order valence-corrected chi connectivity index (χ0v) is 11.5. The summed E-state index contributed by atoms with van der Waals surface area (Å²) in [5, 5.41) is 2.10. The largest absolute Gasteiger partial charge is 0.341 e. The monoisotopic (exact) mass is 262 g/mol. The van der Waals surface area contributed by atoms with Crippen LogP contribution in [0.15, 0.2) is 29.8 Å². The highest BCUT2D eigenvalue weighted by Crippen LogP contribution is 2.16. The molecule has 0 spiro atoms. The van der Waals surface area contributed by atoms with E-state index in [1.807, 2.05) is 13.1 Å². The van der Waals surface area contributed by atoms with Gasteiger partial charge in [0, 0.05) is 37.1 Å². The van der Waals surface area contributed by atoms with Crippen LogP contribution < -0.4 is 10.6 Å². The van der Waals surface area contributed by atoms with Crippen LogP contribution in [0.3, 0.4) is 0 Å². The molecule has 2 N–H and O–H groups in total. The van der Waals surface area contributed by atoms with Gasteiger partial charge in [0.05, 0.1) is 5.69 Å². The average molecular weight is 262 g/mol. The van der Waals surface area contributed by atoms with Gasteiger partial charge in [-0.1, -0.05) is 6.07 Å². The van der Waals surface area contributed by atoms with Crippen molar-refractivity contribution in [3.63, 3.8) is 0 Å². The number of nitrogens with zero attached hydrogens (tertiary/aromatic N) is 3. The van der Waals surface area contributed by atoms with E-state index >= 15 is 0 Å². The highest BCUT2D eigenvalue weighted by atomic mass is 32.1. The number of rotatable bonds is 5. The normalized spacial score (nSPS) is 12.4. The molecule has 0 radical (unpaired) electrons. The molecule has 2 aromatic rings. The van der Waals surface area contributed by atoms with E-state index in [2.05, 4.69) is 39.3 Å². The lowest BCUT2D eigenvalue weighted by molar-refractivity contribution is 0.668. The molecule has 0 aliphatic heterocycles. The zero-order chi connectivity index (χ0) is 13.0. The van der Waals surface area contributed by atoms with Crippen LogP contribution in [0.1, 0.15) is 17.5 Å². The third-order valence-corrected chi connectivity index (χ3v) is 3.86. The van der Waals surface area contributed by atoms with Gasteiger partial charge in [-0.15, -0.1) is 11.3 Å². The Kier molecular flexibility index (Phi) is 4.28. The molecular formula is C13H18N4S. The Morgan fingerprint density at radius 1 is 1.44 bits per heavy atom. The van der Waals surface area contributed by atoms with Crippen LogP contribution in [0, 0.1) is 0 Å². The van der Waals surface area contributed by atoms with Gasteiger partial charge in [0.25, 0.3) is 0 Å². The highest BCUT2D eigenvalue weighted by molar-refractivity contribution is 7.09. The van der Waals surface area contributed by atoms with E-state index in [9.17, 15) is 0 Å². The van der Waals surface area contributed by atoms with Gasteiger partial charge in [-0.2, -0.15) is 0 Å². The molecule has 2 heterocycles. The third kappa shape index (κ3) is 3.05. The van der Waals surface area contributed by atoms with Crippen LogP contribution in [-0.2, 0) is 13.0 Å². The van der Waals surface area contributed by atoms with Gasteiger partial charge in [0.1, 0.15) is 0 Å². The van der Waals surface area contributed by atoms with Gasteiger partial charge < -0.3 is 10.6 Å². The standard InChI is InChI=1S/C13H18N4S/c1-10(8-12-4-3-7-18-12)17(2)13-15-6-5-11(9-14)16-13/h3-7,10H,8-9,14H2,1-2H3. The summed E-state index contributed by atoms with van der Waals surface area (Å²) >= 11 is 1.78. The topological polar surface area (TPSA) is 55.0 Å². The van der Waals surface area contributed by atoms with Crippen molar-refractivity contribution in [2.45, 2.75) is 25.9 Å². The number of hydrogen-bond donors (Lipinski definition) is 1. The van der Waals surface area contributed by atoms with Crippen LogP contribution in [0.5, 0.6) is 0 Å². The number of anilines is 1. The van der Waals surface area contributed by atoms with Crippen molar-refractivity contribution in [3.05, 3.63) is 40.3 Å². The van der Waals surface area contributed by atoms with Crippen LogP contribution in [0.4, 0.5) is 5.95 Å². The minimum Gasteiger partial charge on any atom is -0.341 e. The van der Waals surface area contributed by atoms with Gasteiger partial charge in [0.15, 0.2) is 0 Å². The average Bonchev–Trinajstić information content (AvgIpc) is 2.90. The van der Waals surface area contributed by atoms with Crippen LogP contribution in [-0.4, -0.2) is 23.1 Å². The fraction of sp³-hybridized carbons (Fsp3) is 0.385. The van der Waals surface area contributed by atoms with Gasteiger partial charge >= 0.3 is 0 Å². The minimum atomic E-state index is 0.358. The Hall–Kier alpha value is -1.46. The molecule has 2 aromatic heterocycles. The molecule has 1 unspecified atom stereocenters. The molecule has 0 saturated carbocycles. The van der Waals surface area contributed by atoms with E-state index in [0.29, 0.717) is 12.6 Å². The zero-order valence-electron chi connectivity index (χ0n) is 10.7. The molecule has 0 bridgehead atoms. The maximum atomic E-state index is 5.60. The molecule has 0 aliphatic carbocycles. The predicted molar refractivity (Wildman–Crippen MR) is 75.8 cm³/mol. The lowest BCUT2D eigenvalue weighted by Gasteiger charge is -2.24. The summed E-state index contributed by atoms with van der Waals surface area (Å²) in [4.78, 5) is 12.2. The van der Waals surface area contributed by atoms with E-state index in [4.69, 9.17) is 5.73 Å². The molecule has 0 aromatic carbocycles. The summed E-state index contributed by atoms with van der Waals surface area (Å²) in [5.74, 6) is 0.738. The Balaban J connectivity index is 2.07. The molecular weight excluding hydrogens is 244 g/mol. The number of nitrogens with two attached hydrogens (primary N) is 1. The summed E-state index contributed by atoms with van der Waals surface area (Å²) in [5.41, 5.74) is 6.47. The van der Waals surface area contributed by atoms with Crippen molar-refractivity contribution in [1.82, 2.24) is 9.97 Å².